The molecule has 0 aliphatic carbocycles. The summed E-state index contributed by atoms with van der Waals surface area (Å²) in [5.41, 5.74) is 10.9. The zero-order valence-corrected chi connectivity index (χ0v) is 27.8. The molecule has 2 aromatic heterocycles. The van der Waals surface area contributed by atoms with E-state index in [1.165, 1.54) is 64.4 Å². The topological polar surface area (TPSA) is 8.17 Å². The Morgan fingerprint density at radius 1 is 0.500 bits per heavy atom. The summed E-state index contributed by atoms with van der Waals surface area (Å²) < 4.78 is 5.11. The normalized spacial score (nSPS) is 11.7. The molecule has 0 saturated carbocycles. The third-order valence-corrected chi connectivity index (χ3v) is 10.8. The summed E-state index contributed by atoms with van der Waals surface area (Å²) in [5, 5.41) is 5.18. The Kier molecular flexibility index (Phi) is 6.88. The van der Waals surface area contributed by atoms with Gasteiger partial charge in [0.2, 0.25) is 0 Å². The number of fused-ring (bicyclic) bond motifs is 6. The summed E-state index contributed by atoms with van der Waals surface area (Å²) in [6.45, 7) is 4.55. The van der Waals surface area contributed by atoms with Crippen molar-refractivity contribution in [1.29, 1.82) is 0 Å². The maximum absolute atomic E-state index is 2.45. The quantitative estimate of drug-likeness (QED) is 0.177. The largest absolute Gasteiger partial charge is 0.310 e. The van der Waals surface area contributed by atoms with Crippen LogP contribution in [0.5, 0.6) is 0 Å². The minimum atomic E-state index is 0.436. The SMILES string of the molecule is CC(C)c1ccc2c(c1)c1cc(N(c3ccccc3)c3ccccc3)ccc1n2-c1cccc(-c2cccc3c2sc2ccccc23)c1. The second-order valence-electron chi connectivity index (χ2n) is 12.8. The van der Waals surface area contributed by atoms with Crippen molar-refractivity contribution < 1.29 is 0 Å². The van der Waals surface area contributed by atoms with Gasteiger partial charge in [-0.25, -0.2) is 0 Å². The van der Waals surface area contributed by atoms with E-state index in [4.69, 9.17) is 0 Å². The molecule has 0 fully saturated rings. The summed E-state index contributed by atoms with van der Waals surface area (Å²) in [5.74, 6) is 0.436. The zero-order chi connectivity index (χ0) is 32.2. The number of aromatic nitrogens is 1. The van der Waals surface area contributed by atoms with Gasteiger partial charge in [-0.2, -0.15) is 0 Å². The molecule has 3 heteroatoms. The average Bonchev–Trinajstić information content (AvgIpc) is 3.68. The second kappa shape index (κ2) is 11.6. The predicted octanol–water partition coefficient (Wildman–Crippen LogP) is 13.4. The van der Waals surface area contributed by atoms with Crippen LogP contribution >= 0.6 is 11.3 Å². The van der Waals surface area contributed by atoms with Gasteiger partial charge >= 0.3 is 0 Å². The Hall–Kier alpha value is -5.64. The van der Waals surface area contributed by atoms with Crippen molar-refractivity contribution >= 4 is 70.4 Å². The van der Waals surface area contributed by atoms with Gasteiger partial charge in [0.15, 0.2) is 0 Å². The van der Waals surface area contributed by atoms with Gasteiger partial charge in [-0.1, -0.05) is 105 Å². The molecule has 0 unspecified atom stereocenters. The molecule has 0 N–H and O–H groups in total. The molecule has 0 amide bonds. The third-order valence-electron chi connectivity index (χ3n) is 9.55. The van der Waals surface area contributed by atoms with Crippen LogP contribution in [0.1, 0.15) is 25.3 Å². The molecular formula is C45H34N2S. The first-order valence-electron chi connectivity index (χ1n) is 16.6. The summed E-state index contributed by atoms with van der Waals surface area (Å²) in [6.07, 6.45) is 0. The molecule has 9 aromatic rings. The fraction of sp³-hybridized carbons (Fsp3) is 0.0667. The molecule has 2 nitrogen and oxygen atoms in total. The van der Waals surface area contributed by atoms with Crippen molar-refractivity contribution in [3.8, 4) is 16.8 Å². The van der Waals surface area contributed by atoms with Crippen LogP contribution in [0.4, 0.5) is 17.1 Å². The van der Waals surface area contributed by atoms with Gasteiger partial charge in [-0.15, -0.1) is 11.3 Å². The Labute approximate surface area is 284 Å². The van der Waals surface area contributed by atoms with Crippen molar-refractivity contribution in [2.75, 3.05) is 4.90 Å². The number of nitrogens with zero attached hydrogens (tertiary/aromatic N) is 2. The zero-order valence-electron chi connectivity index (χ0n) is 27.0. The molecular weight excluding hydrogens is 601 g/mol. The smallest absolute Gasteiger partial charge is 0.0542 e. The molecule has 0 aliphatic rings. The van der Waals surface area contributed by atoms with E-state index in [1.54, 1.807) is 0 Å². The molecule has 0 saturated heterocycles. The second-order valence-corrected chi connectivity index (χ2v) is 13.9. The lowest BCUT2D eigenvalue weighted by atomic mass is 10.0. The Bertz CT molecular complexity index is 2550. The van der Waals surface area contributed by atoms with Crippen molar-refractivity contribution in [2.45, 2.75) is 19.8 Å². The van der Waals surface area contributed by atoms with Gasteiger partial charge in [0.1, 0.15) is 0 Å². The lowest BCUT2D eigenvalue weighted by molar-refractivity contribution is 0.868. The third kappa shape index (κ3) is 4.70. The number of benzene rings is 7. The van der Waals surface area contributed by atoms with Crippen LogP contribution in [-0.4, -0.2) is 4.57 Å². The van der Waals surface area contributed by atoms with Gasteiger partial charge in [0.05, 0.1) is 11.0 Å². The van der Waals surface area contributed by atoms with Crippen LogP contribution in [0.25, 0.3) is 58.8 Å². The maximum atomic E-state index is 2.45. The molecule has 9 rings (SSSR count). The molecule has 7 aromatic carbocycles. The van der Waals surface area contributed by atoms with Gasteiger partial charge in [0, 0.05) is 53.7 Å². The fourth-order valence-corrected chi connectivity index (χ4v) is 8.43. The number of thiophene rings is 1. The maximum Gasteiger partial charge on any atom is 0.0542 e. The van der Waals surface area contributed by atoms with Crippen LogP contribution < -0.4 is 4.90 Å². The van der Waals surface area contributed by atoms with Crippen molar-refractivity contribution in [1.82, 2.24) is 4.57 Å². The first kappa shape index (κ1) is 28.6. The van der Waals surface area contributed by atoms with E-state index in [2.05, 4.69) is 187 Å². The monoisotopic (exact) mass is 634 g/mol. The Balaban J connectivity index is 1.26. The Morgan fingerprint density at radius 3 is 1.90 bits per heavy atom. The highest BCUT2D eigenvalue weighted by Gasteiger charge is 2.19. The van der Waals surface area contributed by atoms with Crippen LogP contribution in [0, 0.1) is 0 Å². The minimum absolute atomic E-state index is 0.436. The van der Waals surface area contributed by atoms with E-state index < -0.39 is 0 Å². The lowest BCUT2D eigenvalue weighted by Crippen LogP contribution is -2.09. The highest BCUT2D eigenvalue weighted by molar-refractivity contribution is 7.26. The number of anilines is 3. The van der Waals surface area contributed by atoms with E-state index in [-0.39, 0.29) is 0 Å². The van der Waals surface area contributed by atoms with Crippen molar-refractivity contribution in [3.05, 3.63) is 169 Å². The first-order chi connectivity index (χ1) is 23.6. The summed E-state index contributed by atoms with van der Waals surface area (Å²) >= 11 is 1.88. The summed E-state index contributed by atoms with van der Waals surface area (Å²) in [6, 6.07) is 59.8. The standard InChI is InChI=1S/C45H34N2S/c1-30(2)31-23-25-42-40(28-31)41-29-36(46(33-14-5-3-6-15-33)34-16-7-4-8-17-34)24-26-43(41)47(42)35-18-11-13-32(27-35)37-20-12-21-39-38-19-9-10-22-44(38)48-45(37)39/h3-30H,1-2H3. The summed E-state index contributed by atoms with van der Waals surface area (Å²) in [4.78, 5) is 2.35. The van der Waals surface area contributed by atoms with E-state index in [0.29, 0.717) is 5.92 Å². The molecule has 0 bridgehead atoms. The van der Waals surface area contributed by atoms with Gasteiger partial charge < -0.3 is 9.47 Å². The molecule has 48 heavy (non-hydrogen) atoms. The van der Waals surface area contributed by atoms with Gasteiger partial charge in [0.25, 0.3) is 0 Å². The van der Waals surface area contributed by atoms with E-state index in [0.717, 1.165) is 17.1 Å². The predicted molar refractivity (Wildman–Crippen MR) is 208 cm³/mol. The van der Waals surface area contributed by atoms with Crippen LogP contribution in [0.15, 0.2) is 164 Å². The average molecular weight is 635 g/mol. The lowest BCUT2D eigenvalue weighted by Gasteiger charge is -2.25. The molecule has 2 heterocycles. The number of hydrogen-bond acceptors (Lipinski definition) is 2. The minimum Gasteiger partial charge on any atom is -0.310 e. The first-order valence-corrected chi connectivity index (χ1v) is 17.4. The van der Waals surface area contributed by atoms with Gasteiger partial charge in [-0.05, 0) is 95.4 Å². The highest BCUT2D eigenvalue weighted by atomic mass is 32.1. The van der Waals surface area contributed by atoms with Gasteiger partial charge in [-0.3, -0.25) is 0 Å². The highest BCUT2D eigenvalue weighted by Crippen LogP contribution is 2.43. The van der Waals surface area contributed by atoms with E-state index in [1.807, 2.05) is 11.3 Å². The van der Waals surface area contributed by atoms with Crippen LogP contribution in [0.2, 0.25) is 0 Å². The van der Waals surface area contributed by atoms with Crippen LogP contribution in [0.3, 0.4) is 0 Å². The van der Waals surface area contributed by atoms with Crippen molar-refractivity contribution in [3.63, 3.8) is 0 Å². The molecule has 0 aliphatic heterocycles. The Morgan fingerprint density at radius 2 is 1.15 bits per heavy atom. The van der Waals surface area contributed by atoms with E-state index >= 15 is 0 Å². The number of rotatable bonds is 6. The number of hydrogen-bond donors (Lipinski definition) is 0. The summed E-state index contributed by atoms with van der Waals surface area (Å²) in [7, 11) is 0. The molecule has 230 valence electrons. The van der Waals surface area contributed by atoms with Crippen LogP contribution in [-0.2, 0) is 0 Å². The van der Waals surface area contributed by atoms with E-state index in [9.17, 15) is 0 Å². The number of para-hydroxylation sites is 2. The molecule has 0 atom stereocenters. The molecule has 0 radical (unpaired) electrons. The molecule has 0 spiro atoms. The van der Waals surface area contributed by atoms with Crippen molar-refractivity contribution in [2.24, 2.45) is 0 Å². The fourth-order valence-electron chi connectivity index (χ4n) is 7.19.